The van der Waals surface area contributed by atoms with Crippen molar-refractivity contribution in [3.05, 3.63) is 125 Å². The number of benzene rings is 3. The highest BCUT2D eigenvalue weighted by Crippen LogP contribution is 2.37. The average Bonchev–Trinajstić information content (AvgIpc) is 3.40. The van der Waals surface area contributed by atoms with Gasteiger partial charge in [0, 0.05) is 11.8 Å². The van der Waals surface area contributed by atoms with E-state index < -0.39 is 12.0 Å². The maximum atomic E-state index is 14.2. The molecule has 1 aromatic heterocycles. The van der Waals surface area contributed by atoms with Crippen LogP contribution in [0.25, 0.3) is 6.08 Å². The Kier molecular flexibility index (Phi) is 11.9. The van der Waals surface area contributed by atoms with Crippen molar-refractivity contribution in [2.45, 2.75) is 39.8 Å². The number of rotatable bonds is 14. The Labute approximate surface area is 298 Å². The van der Waals surface area contributed by atoms with Crippen LogP contribution in [0.5, 0.6) is 23.0 Å². The number of carbonyl (C=O) groups excluding carboxylic acids is 1. The summed E-state index contributed by atoms with van der Waals surface area (Å²) in [5.41, 5.74) is 2.91. The van der Waals surface area contributed by atoms with Crippen molar-refractivity contribution in [1.82, 2.24) is 4.57 Å². The molecular weight excluding hydrogens is 687 g/mol. The molecule has 4 aromatic rings. The second-order valence-corrected chi connectivity index (χ2v) is 12.5. The number of allylic oxidation sites excluding steroid dienone is 1. The third kappa shape index (κ3) is 7.88. The van der Waals surface area contributed by atoms with E-state index >= 15 is 0 Å². The molecule has 256 valence electrons. The number of fused-ring (bicyclic) bond motifs is 1. The summed E-state index contributed by atoms with van der Waals surface area (Å²) in [6.45, 7) is 11.0. The molecule has 9 nitrogen and oxygen atoms in total. The lowest BCUT2D eigenvalue weighted by molar-refractivity contribution is -0.136. The zero-order chi connectivity index (χ0) is 35.1. The van der Waals surface area contributed by atoms with Gasteiger partial charge in [-0.2, -0.15) is 0 Å². The van der Waals surface area contributed by atoms with Gasteiger partial charge in [0.15, 0.2) is 27.8 Å². The molecule has 0 fully saturated rings. The zero-order valence-electron chi connectivity index (χ0n) is 27.6. The van der Waals surface area contributed by atoms with Crippen LogP contribution in [0.3, 0.4) is 0 Å². The summed E-state index contributed by atoms with van der Waals surface area (Å²) in [7, 11) is 1.30. The first-order valence-electron chi connectivity index (χ1n) is 15.7. The number of nitrogens with zero attached hydrogens (tertiary/aromatic N) is 2. The molecule has 0 aliphatic carbocycles. The van der Waals surface area contributed by atoms with Gasteiger partial charge in [-0.1, -0.05) is 52.7 Å². The van der Waals surface area contributed by atoms with Gasteiger partial charge in [0.25, 0.3) is 5.56 Å². The molecule has 5 rings (SSSR count). The molecule has 0 N–H and O–H groups in total. The van der Waals surface area contributed by atoms with Crippen LogP contribution in [0.2, 0.25) is 10.0 Å². The maximum absolute atomic E-state index is 14.2. The van der Waals surface area contributed by atoms with Crippen LogP contribution in [-0.2, 0) is 22.6 Å². The van der Waals surface area contributed by atoms with Crippen LogP contribution in [-0.4, -0.2) is 37.5 Å². The molecule has 0 saturated heterocycles. The second-order valence-electron chi connectivity index (χ2n) is 10.7. The van der Waals surface area contributed by atoms with Crippen LogP contribution in [0.15, 0.2) is 82.7 Å². The Morgan fingerprint density at radius 2 is 1.67 bits per heavy atom. The van der Waals surface area contributed by atoms with Crippen molar-refractivity contribution in [2.75, 3.05) is 26.9 Å². The monoisotopic (exact) mass is 722 g/mol. The molecule has 12 heteroatoms. The van der Waals surface area contributed by atoms with Crippen molar-refractivity contribution >= 4 is 46.6 Å². The standard InChI is InChI=1S/C37H36Cl2N2O7S/c1-6-10-25-15-23(17-31(47-9-4)34(25)48-21-22-11-13-27(38)28(39)16-22)18-32-35(42)41-33(26(36(43)44-5)20-40-37(41)49-32)24-12-14-29(45-7-2)30(19-24)46-8-3/h6,11-20,33H,1,7-10,21H2,2-5H3/b32-18-/t33-/m0/s1. The SMILES string of the molecule is C=CCc1cc(/C=c2\sc3n(c2=O)[C@@H](c2ccc(OCC)c(OCC)c2)C(C(=O)OC)=CN=3)cc(OCC)c1OCc1ccc(Cl)c(Cl)c1. The predicted octanol–water partition coefficient (Wildman–Crippen LogP) is 6.83. The van der Waals surface area contributed by atoms with E-state index in [9.17, 15) is 9.59 Å². The van der Waals surface area contributed by atoms with E-state index in [1.54, 1.807) is 36.4 Å². The van der Waals surface area contributed by atoms with Crippen molar-refractivity contribution in [1.29, 1.82) is 0 Å². The van der Waals surface area contributed by atoms with Gasteiger partial charge in [-0.3, -0.25) is 9.36 Å². The number of esters is 1. The van der Waals surface area contributed by atoms with Gasteiger partial charge < -0.3 is 23.7 Å². The highest BCUT2D eigenvalue weighted by molar-refractivity contribution is 7.07. The number of ether oxygens (including phenoxy) is 5. The molecule has 1 atom stereocenters. The van der Waals surface area contributed by atoms with Crippen LogP contribution in [0, 0.1) is 0 Å². The average molecular weight is 724 g/mol. The summed E-state index contributed by atoms with van der Waals surface area (Å²) in [5, 5.41) is 0.902. The fourth-order valence-electron chi connectivity index (χ4n) is 5.42. The van der Waals surface area contributed by atoms with E-state index in [2.05, 4.69) is 11.6 Å². The number of halogens is 2. The lowest BCUT2D eigenvalue weighted by atomic mass is 9.97. The largest absolute Gasteiger partial charge is 0.490 e. The first-order chi connectivity index (χ1) is 23.7. The Balaban J connectivity index is 1.60. The van der Waals surface area contributed by atoms with Gasteiger partial charge in [-0.05, 0) is 86.4 Å². The molecule has 1 aliphatic heterocycles. The van der Waals surface area contributed by atoms with E-state index in [0.29, 0.717) is 74.2 Å². The van der Waals surface area contributed by atoms with E-state index in [-0.39, 0.29) is 17.7 Å². The van der Waals surface area contributed by atoms with E-state index in [1.165, 1.54) is 29.2 Å². The number of thiazole rings is 1. The number of aromatic nitrogens is 1. The fourth-order valence-corrected chi connectivity index (χ4v) is 6.71. The first-order valence-corrected chi connectivity index (χ1v) is 17.3. The van der Waals surface area contributed by atoms with Gasteiger partial charge >= 0.3 is 5.97 Å². The Hall–Kier alpha value is -4.51. The first kappa shape index (κ1) is 35.8. The smallest absolute Gasteiger partial charge is 0.337 e. The van der Waals surface area contributed by atoms with Gasteiger partial charge in [-0.25, -0.2) is 9.79 Å². The predicted molar refractivity (Wildman–Crippen MR) is 192 cm³/mol. The summed E-state index contributed by atoms with van der Waals surface area (Å²) >= 11 is 13.5. The number of hydrogen-bond donors (Lipinski definition) is 0. The highest BCUT2D eigenvalue weighted by atomic mass is 35.5. The van der Waals surface area contributed by atoms with Crippen LogP contribution < -0.4 is 33.8 Å². The molecule has 0 radical (unpaired) electrons. The molecule has 0 spiro atoms. The lowest BCUT2D eigenvalue weighted by Gasteiger charge is -2.23. The van der Waals surface area contributed by atoms with Crippen molar-refractivity contribution in [2.24, 2.45) is 4.99 Å². The molecule has 0 bridgehead atoms. The molecule has 3 aromatic carbocycles. The normalized spacial score (nSPS) is 14.0. The zero-order valence-corrected chi connectivity index (χ0v) is 29.9. The minimum atomic E-state index is -0.812. The summed E-state index contributed by atoms with van der Waals surface area (Å²) in [4.78, 5) is 32.1. The summed E-state index contributed by atoms with van der Waals surface area (Å²) < 4.78 is 30.9. The second kappa shape index (κ2) is 16.3. The molecular formula is C37H36Cl2N2O7S. The summed E-state index contributed by atoms with van der Waals surface area (Å²) in [6, 6.07) is 13.7. The summed E-state index contributed by atoms with van der Waals surface area (Å²) in [6.07, 6.45) is 5.50. The highest BCUT2D eigenvalue weighted by Gasteiger charge is 2.31. The summed E-state index contributed by atoms with van der Waals surface area (Å²) in [5.74, 6) is 1.56. The van der Waals surface area contributed by atoms with Gasteiger partial charge in [0.2, 0.25) is 0 Å². The number of methoxy groups -OCH3 is 1. The van der Waals surface area contributed by atoms with E-state index in [0.717, 1.165) is 16.7 Å². The number of carbonyl (C=O) groups is 1. The van der Waals surface area contributed by atoms with Crippen molar-refractivity contribution in [3.63, 3.8) is 0 Å². The van der Waals surface area contributed by atoms with Gasteiger partial charge in [0.05, 0.1) is 53.1 Å². The van der Waals surface area contributed by atoms with Crippen LogP contribution in [0.4, 0.5) is 0 Å². The molecule has 1 aliphatic rings. The van der Waals surface area contributed by atoms with Crippen LogP contribution in [0.1, 0.15) is 49.1 Å². The third-order valence-corrected chi connectivity index (χ3v) is 9.23. The molecule has 0 unspecified atom stereocenters. The quantitative estimate of drug-likeness (QED) is 0.104. The molecule has 49 heavy (non-hydrogen) atoms. The minimum Gasteiger partial charge on any atom is -0.490 e. The van der Waals surface area contributed by atoms with Crippen molar-refractivity contribution in [3.8, 4) is 23.0 Å². The molecule has 2 heterocycles. The minimum absolute atomic E-state index is 0.212. The van der Waals surface area contributed by atoms with Gasteiger partial charge in [-0.15, -0.1) is 6.58 Å². The fraction of sp³-hybridized carbons (Fsp3) is 0.270. The van der Waals surface area contributed by atoms with E-state index in [4.69, 9.17) is 46.9 Å². The lowest BCUT2D eigenvalue weighted by Crippen LogP contribution is -2.39. The maximum Gasteiger partial charge on any atom is 0.337 e. The van der Waals surface area contributed by atoms with Crippen molar-refractivity contribution < 1.29 is 28.5 Å². The Morgan fingerprint density at radius 1 is 0.939 bits per heavy atom. The topological polar surface area (TPSA) is 97.6 Å². The third-order valence-electron chi connectivity index (χ3n) is 7.49. The molecule has 0 saturated carbocycles. The van der Waals surface area contributed by atoms with Crippen LogP contribution >= 0.6 is 34.5 Å². The van der Waals surface area contributed by atoms with Gasteiger partial charge in [0.1, 0.15) is 6.61 Å². The van der Waals surface area contributed by atoms with E-state index in [1.807, 2.05) is 45.0 Å². The Morgan fingerprint density at radius 3 is 2.37 bits per heavy atom. The molecule has 0 amide bonds. The Bertz CT molecular complexity index is 2090. The number of hydrogen-bond acceptors (Lipinski definition) is 9.